The summed E-state index contributed by atoms with van der Waals surface area (Å²) >= 11 is 0. The number of carbonyl (C=O) groups is 1. The summed E-state index contributed by atoms with van der Waals surface area (Å²) in [4.78, 5) is 8.36. The van der Waals surface area contributed by atoms with Crippen molar-refractivity contribution in [1.82, 2.24) is 0 Å². The van der Waals surface area contributed by atoms with Gasteiger partial charge in [-0.05, 0) is 0 Å². The molecule has 0 heterocycles. The third-order valence-corrected chi connectivity index (χ3v) is 0. The molecule has 0 aromatic rings. The van der Waals surface area contributed by atoms with E-state index in [1.165, 1.54) is 0 Å². The van der Waals surface area contributed by atoms with Crippen molar-refractivity contribution in [3.63, 3.8) is 0 Å². The van der Waals surface area contributed by atoms with Crippen molar-refractivity contribution in [3.8, 4) is 0 Å². The molecule has 0 rings (SSSR count). The molecule has 0 aliphatic heterocycles. The van der Waals surface area contributed by atoms with E-state index in [0.717, 1.165) is 0 Å². The Kier molecular flexibility index (Phi) is 92.0. The monoisotopic (exact) mass is 87.0 g/mol. The number of hydrogen-bond acceptors (Lipinski definition) is 1. The maximum atomic E-state index is 8.36. The quantitative estimate of drug-likeness (QED) is 0.288. The van der Waals surface area contributed by atoms with Crippen molar-refractivity contribution >= 4 is 36.0 Å². The second-order valence-corrected chi connectivity index (χ2v) is 0.105. The molecule has 5 heavy (non-hydrogen) atoms. The van der Waals surface area contributed by atoms with Crippen molar-refractivity contribution in [1.29, 1.82) is 0 Å². The number of hydrogen-bond donors (Lipinski definition) is 1. The van der Waals surface area contributed by atoms with Crippen LogP contribution in [-0.2, 0) is 4.79 Å². The fraction of sp³-hybridized carbons (Fsp3) is 0. The predicted octanol–water partition coefficient (Wildman–Crippen LogP) is -1.50. The number of carboxylic acid groups (broad SMARTS) is 1. The average molecular weight is 87.0 g/mol. The third-order valence-electron chi connectivity index (χ3n) is 0. The van der Waals surface area contributed by atoms with Gasteiger partial charge in [0.2, 0.25) is 0 Å². The maximum absolute atomic E-state index is 8.36. The molecule has 0 bridgehead atoms. The Morgan fingerprint density at radius 3 is 1.60 bits per heavy atom. The van der Waals surface area contributed by atoms with Gasteiger partial charge in [0.15, 0.2) is 0 Å². The summed E-state index contributed by atoms with van der Waals surface area (Å²) in [6.45, 7) is -0.250. The van der Waals surface area contributed by atoms with Gasteiger partial charge in [0, 0.05) is 29.6 Å². The van der Waals surface area contributed by atoms with Crippen LogP contribution in [0, 0.1) is 0 Å². The molecule has 0 amide bonds. The van der Waals surface area contributed by atoms with Gasteiger partial charge in [-0.25, -0.2) is 0 Å². The second-order valence-electron chi connectivity index (χ2n) is 0.105. The minimum Gasteiger partial charge on any atom is -0.483 e. The van der Waals surface area contributed by atoms with E-state index in [9.17, 15) is 0 Å². The van der Waals surface area contributed by atoms with Crippen LogP contribution in [0.4, 0.5) is 0 Å². The molecule has 0 atom stereocenters. The molecule has 0 aliphatic rings. The summed E-state index contributed by atoms with van der Waals surface area (Å²) in [6.07, 6.45) is 0. The van der Waals surface area contributed by atoms with E-state index in [4.69, 9.17) is 9.90 Å². The van der Waals surface area contributed by atoms with E-state index in [1.54, 1.807) is 0 Å². The summed E-state index contributed by atoms with van der Waals surface area (Å²) in [5.41, 5.74) is 0. The van der Waals surface area contributed by atoms with Crippen LogP contribution < -0.4 is 0 Å². The Balaban J connectivity index is -0.0000000200. The van der Waals surface area contributed by atoms with Gasteiger partial charge in [-0.3, -0.25) is 4.79 Å². The Morgan fingerprint density at radius 2 is 1.60 bits per heavy atom. The van der Waals surface area contributed by atoms with Crippen LogP contribution in [0.3, 0.4) is 0 Å². The topological polar surface area (TPSA) is 68.8 Å². The molecule has 3 nitrogen and oxygen atoms in total. The molecule has 1 radical (unpaired) electrons. The van der Waals surface area contributed by atoms with E-state index < -0.39 is 0 Å². The van der Waals surface area contributed by atoms with Crippen molar-refractivity contribution in [2.75, 3.05) is 0 Å². The van der Waals surface area contributed by atoms with Crippen LogP contribution in [0.15, 0.2) is 0 Å². The zero-order valence-corrected chi connectivity index (χ0v) is 4.93. The first-order valence-corrected chi connectivity index (χ1v) is 0.494. The van der Waals surface area contributed by atoms with Gasteiger partial charge >= 0.3 is 0 Å². The molecule has 3 N–H and O–H groups in total. The minimum atomic E-state index is -0.250. The largest absolute Gasteiger partial charge is 0.483 e. The molecule has 0 spiro atoms. The summed E-state index contributed by atoms with van der Waals surface area (Å²) in [6, 6.07) is 0. The van der Waals surface area contributed by atoms with E-state index in [-0.39, 0.29) is 41.5 Å². The molecule has 0 unspecified atom stereocenters. The Hall–Kier alpha value is 0.430. The average Bonchev–Trinajstić information content (AvgIpc) is 0.918. The summed E-state index contributed by atoms with van der Waals surface area (Å²) in [5, 5.41) is 6.89. The molecule has 0 fully saturated rings. The van der Waals surface area contributed by atoms with Gasteiger partial charge in [-0.2, -0.15) is 0 Å². The van der Waals surface area contributed by atoms with Crippen LogP contribution in [0.2, 0.25) is 0 Å². The van der Waals surface area contributed by atoms with E-state index in [0.29, 0.717) is 0 Å². The molecular weight excluding hydrogens is 83.0 g/mol. The molecule has 0 aromatic carbocycles. The summed E-state index contributed by atoms with van der Waals surface area (Å²) in [5.74, 6) is 0. The van der Waals surface area contributed by atoms with Gasteiger partial charge in [0.25, 0.3) is 6.47 Å². The molecule has 0 aromatic heterocycles. The molecular formula is CH4NaO3. The predicted molar refractivity (Wildman–Crippen MR) is 18.1 cm³/mol. The fourth-order valence-electron chi connectivity index (χ4n) is 0. The van der Waals surface area contributed by atoms with Crippen molar-refractivity contribution in [2.45, 2.75) is 0 Å². The van der Waals surface area contributed by atoms with Crippen LogP contribution in [0.25, 0.3) is 0 Å². The second kappa shape index (κ2) is 25.5. The maximum Gasteiger partial charge on any atom is 0.290 e. The van der Waals surface area contributed by atoms with Crippen molar-refractivity contribution in [3.05, 3.63) is 0 Å². The molecule has 4 heteroatoms. The van der Waals surface area contributed by atoms with Crippen molar-refractivity contribution in [2.24, 2.45) is 0 Å². The molecule has 0 saturated heterocycles. The summed E-state index contributed by atoms with van der Waals surface area (Å²) < 4.78 is 0. The normalized spacial score (nSPS) is 2.40. The Morgan fingerprint density at radius 1 is 1.60 bits per heavy atom. The van der Waals surface area contributed by atoms with E-state index >= 15 is 0 Å². The smallest absolute Gasteiger partial charge is 0.290 e. The third kappa shape index (κ3) is 141. The first-order valence-electron chi connectivity index (χ1n) is 0.494. The Labute approximate surface area is 51.6 Å². The Bertz CT molecular complexity index is 14.4. The van der Waals surface area contributed by atoms with Gasteiger partial charge < -0.3 is 10.6 Å². The standard InChI is InChI=1S/CH2O2.Na.H2O/c2-1-3;;/h1H,(H,2,3);;1H2. The van der Waals surface area contributed by atoms with Gasteiger partial charge in [-0.15, -0.1) is 0 Å². The molecule has 0 aliphatic carbocycles. The van der Waals surface area contributed by atoms with Crippen LogP contribution in [-0.4, -0.2) is 46.6 Å². The summed E-state index contributed by atoms with van der Waals surface area (Å²) in [7, 11) is 0. The zero-order chi connectivity index (χ0) is 2.71. The van der Waals surface area contributed by atoms with Crippen LogP contribution in [0.1, 0.15) is 0 Å². The molecule has 27 valence electrons. The minimum absolute atomic E-state index is 0. The first kappa shape index (κ1) is 18.0. The first-order chi connectivity index (χ1) is 1.41. The van der Waals surface area contributed by atoms with Gasteiger partial charge in [0.1, 0.15) is 0 Å². The SMILES string of the molecule is O.O=CO.[Na]. The van der Waals surface area contributed by atoms with E-state index in [1.807, 2.05) is 0 Å². The zero-order valence-electron chi connectivity index (χ0n) is 2.93. The van der Waals surface area contributed by atoms with E-state index in [2.05, 4.69) is 0 Å². The van der Waals surface area contributed by atoms with Gasteiger partial charge in [-0.1, -0.05) is 0 Å². The molecule has 0 saturated carbocycles. The van der Waals surface area contributed by atoms with Gasteiger partial charge in [0.05, 0.1) is 0 Å². The number of rotatable bonds is 0. The van der Waals surface area contributed by atoms with Crippen molar-refractivity contribution < 1.29 is 15.4 Å². The fourth-order valence-corrected chi connectivity index (χ4v) is 0. The van der Waals surface area contributed by atoms with Crippen LogP contribution >= 0.6 is 0 Å². The van der Waals surface area contributed by atoms with Crippen LogP contribution in [0.5, 0.6) is 0 Å².